The van der Waals surface area contributed by atoms with Gasteiger partial charge < -0.3 is 14.8 Å². The summed E-state index contributed by atoms with van der Waals surface area (Å²) in [5, 5.41) is 3.70. The molecule has 1 N–H and O–H groups in total. The molecule has 0 saturated carbocycles. The molecule has 2 saturated heterocycles. The Labute approximate surface area is 105 Å². The fourth-order valence-electron chi connectivity index (χ4n) is 2.89. The SMILES string of the molecule is CCCC1CC(NCCC2CCOC2)CCO1. The van der Waals surface area contributed by atoms with E-state index in [4.69, 9.17) is 9.47 Å². The van der Waals surface area contributed by atoms with Crippen LogP contribution in [0.5, 0.6) is 0 Å². The van der Waals surface area contributed by atoms with Gasteiger partial charge in [0.2, 0.25) is 0 Å². The summed E-state index contributed by atoms with van der Waals surface area (Å²) in [7, 11) is 0. The van der Waals surface area contributed by atoms with Crippen LogP contribution in [-0.2, 0) is 9.47 Å². The molecule has 3 atom stereocenters. The Bertz CT molecular complexity index is 202. The fraction of sp³-hybridized carbons (Fsp3) is 1.00. The second-order valence-electron chi connectivity index (χ2n) is 5.48. The zero-order chi connectivity index (χ0) is 11.9. The van der Waals surface area contributed by atoms with Gasteiger partial charge in [0.15, 0.2) is 0 Å². The van der Waals surface area contributed by atoms with E-state index in [9.17, 15) is 0 Å². The summed E-state index contributed by atoms with van der Waals surface area (Å²) < 4.78 is 11.2. The zero-order valence-electron chi connectivity index (χ0n) is 11.1. The van der Waals surface area contributed by atoms with Crippen LogP contribution in [-0.4, -0.2) is 38.5 Å². The summed E-state index contributed by atoms with van der Waals surface area (Å²) in [6.45, 7) is 6.28. The highest BCUT2D eigenvalue weighted by atomic mass is 16.5. The van der Waals surface area contributed by atoms with E-state index >= 15 is 0 Å². The minimum absolute atomic E-state index is 0.501. The van der Waals surface area contributed by atoms with Crippen LogP contribution >= 0.6 is 0 Å². The third kappa shape index (κ3) is 4.57. The van der Waals surface area contributed by atoms with Gasteiger partial charge in [0.25, 0.3) is 0 Å². The van der Waals surface area contributed by atoms with E-state index in [1.165, 1.54) is 38.5 Å². The first kappa shape index (κ1) is 13.3. The smallest absolute Gasteiger partial charge is 0.0589 e. The molecule has 0 radical (unpaired) electrons. The molecule has 2 rings (SSSR count). The van der Waals surface area contributed by atoms with Crippen LogP contribution in [0.25, 0.3) is 0 Å². The molecule has 2 fully saturated rings. The van der Waals surface area contributed by atoms with E-state index in [2.05, 4.69) is 12.2 Å². The predicted octanol–water partition coefficient (Wildman–Crippen LogP) is 2.35. The summed E-state index contributed by atoms with van der Waals surface area (Å²) in [5.41, 5.74) is 0. The van der Waals surface area contributed by atoms with E-state index in [1.807, 2.05) is 0 Å². The molecule has 0 aromatic carbocycles. The van der Waals surface area contributed by atoms with Crippen LogP contribution in [0.2, 0.25) is 0 Å². The summed E-state index contributed by atoms with van der Waals surface area (Å²) in [6, 6.07) is 0.683. The number of hydrogen-bond donors (Lipinski definition) is 1. The average Bonchev–Trinajstić information content (AvgIpc) is 2.83. The molecular weight excluding hydrogens is 214 g/mol. The molecule has 0 bridgehead atoms. The predicted molar refractivity (Wildman–Crippen MR) is 69.2 cm³/mol. The molecule has 3 unspecified atom stereocenters. The number of hydrogen-bond acceptors (Lipinski definition) is 3. The molecule has 0 amide bonds. The van der Waals surface area contributed by atoms with Gasteiger partial charge in [0, 0.05) is 25.9 Å². The Morgan fingerprint density at radius 2 is 2.12 bits per heavy atom. The molecule has 3 heteroatoms. The Balaban J connectivity index is 1.58. The second-order valence-corrected chi connectivity index (χ2v) is 5.48. The Morgan fingerprint density at radius 3 is 2.88 bits per heavy atom. The molecule has 0 aromatic rings. The van der Waals surface area contributed by atoms with Gasteiger partial charge in [0.05, 0.1) is 6.10 Å². The van der Waals surface area contributed by atoms with Gasteiger partial charge in [-0.3, -0.25) is 0 Å². The van der Waals surface area contributed by atoms with Crippen molar-refractivity contribution in [3.8, 4) is 0 Å². The normalized spacial score (nSPS) is 34.1. The number of nitrogens with one attached hydrogen (secondary N) is 1. The van der Waals surface area contributed by atoms with Gasteiger partial charge in [-0.15, -0.1) is 0 Å². The average molecular weight is 241 g/mol. The Hall–Kier alpha value is -0.120. The van der Waals surface area contributed by atoms with Crippen LogP contribution in [0.4, 0.5) is 0 Å². The van der Waals surface area contributed by atoms with Gasteiger partial charge in [-0.1, -0.05) is 13.3 Å². The topological polar surface area (TPSA) is 30.5 Å². The lowest BCUT2D eigenvalue weighted by Gasteiger charge is -2.30. The molecule has 2 aliphatic heterocycles. The van der Waals surface area contributed by atoms with E-state index in [-0.39, 0.29) is 0 Å². The third-order valence-corrected chi connectivity index (χ3v) is 3.99. The van der Waals surface area contributed by atoms with Gasteiger partial charge in [0.1, 0.15) is 0 Å². The highest BCUT2D eigenvalue weighted by Gasteiger charge is 2.22. The monoisotopic (exact) mass is 241 g/mol. The molecule has 2 heterocycles. The van der Waals surface area contributed by atoms with Crippen LogP contribution in [0, 0.1) is 5.92 Å². The Kier molecular flexibility index (Phi) is 5.75. The molecule has 2 aliphatic rings. The third-order valence-electron chi connectivity index (χ3n) is 3.99. The summed E-state index contributed by atoms with van der Waals surface area (Å²) in [4.78, 5) is 0. The highest BCUT2D eigenvalue weighted by Crippen LogP contribution is 2.19. The lowest BCUT2D eigenvalue weighted by molar-refractivity contribution is -0.00327. The van der Waals surface area contributed by atoms with Crippen molar-refractivity contribution in [3.63, 3.8) is 0 Å². The van der Waals surface area contributed by atoms with E-state index < -0.39 is 0 Å². The molecular formula is C14H27NO2. The van der Waals surface area contributed by atoms with Crippen molar-refractivity contribution in [1.29, 1.82) is 0 Å². The van der Waals surface area contributed by atoms with Gasteiger partial charge in [-0.25, -0.2) is 0 Å². The molecule has 3 nitrogen and oxygen atoms in total. The minimum atomic E-state index is 0.501. The maximum absolute atomic E-state index is 5.77. The van der Waals surface area contributed by atoms with Crippen molar-refractivity contribution in [3.05, 3.63) is 0 Å². The summed E-state index contributed by atoms with van der Waals surface area (Å²) >= 11 is 0. The second kappa shape index (κ2) is 7.34. The maximum atomic E-state index is 5.77. The molecule has 0 aromatic heterocycles. The molecule has 17 heavy (non-hydrogen) atoms. The standard InChI is InChI=1S/C14H27NO2/c1-2-3-14-10-13(6-9-17-14)15-7-4-12-5-8-16-11-12/h12-15H,2-11H2,1H3. The van der Waals surface area contributed by atoms with Crippen molar-refractivity contribution >= 4 is 0 Å². The lowest BCUT2D eigenvalue weighted by Crippen LogP contribution is -2.39. The van der Waals surface area contributed by atoms with Gasteiger partial charge in [-0.05, 0) is 44.6 Å². The first-order chi connectivity index (χ1) is 8.38. The molecule has 0 spiro atoms. The summed E-state index contributed by atoms with van der Waals surface area (Å²) in [6.07, 6.45) is 7.87. The fourth-order valence-corrected chi connectivity index (χ4v) is 2.89. The van der Waals surface area contributed by atoms with E-state index in [0.717, 1.165) is 32.3 Å². The highest BCUT2D eigenvalue weighted by molar-refractivity contribution is 4.77. The van der Waals surface area contributed by atoms with Crippen molar-refractivity contribution in [2.45, 2.75) is 57.6 Å². The van der Waals surface area contributed by atoms with Crippen LogP contribution < -0.4 is 5.32 Å². The van der Waals surface area contributed by atoms with E-state index in [1.54, 1.807) is 0 Å². The van der Waals surface area contributed by atoms with Crippen molar-refractivity contribution in [2.24, 2.45) is 5.92 Å². The van der Waals surface area contributed by atoms with Gasteiger partial charge >= 0.3 is 0 Å². The van der Waals surface area contributed by atoms with Crippen molar-refractivity contribution in [2.75, 3.05) is 26.4 Å². The largest absolute Gasteiger partial charge is 0.381 e. The first-order valence-electron chi connectivity index (χ1n) is 7.31. The quantitative estimate of drug-likeness (QED) is 0.774. The van der Waals surface area contributed by atoms with Gasteiger partial charge in [-0.2, -0.15) is 0 Å². The van der Waals surface area contributed by atoms with Crippen molar-refractivity contribution < 1.29 is 9.47 Å². The summed E-state index contributed by atoms with van der Waals surface area (Å²) in [5.74, 6) is 0.800. The number of rotatable bonds is 6. The first-order valence-corrected chi connectivity index (χ1v) is 7.31. The van der Waals surface area contributed by atoms with Crippen LogP contribution in [0.3, 0.4) is 0 Å². The number of ether oxygens (including phenoxy) is 2. The van der Waals surface area contributed by atoms with Crippen molar-refractivity contribution in [1.82, 2.24) is 5.32 Å². The lowest BCUT2D eigenvalue weighted by atomic mass is 9.99. The minimum Gasteiger partial charge on any atom is -0.381 e. The molecule has 100 valence electrons. The zero-order valence-corrected chi connectivity index (χ0v) is 11.1. The molecule has 0 aliphatic carbocycles. The maximum Gasteiger partial charge on any atom is 0.0589 e. The Morgan fingerprint density at radius 1 is 1.18 bits per heavy atom. The van der Waals surface area contributed by atoms with E-state index in [0.29, 0.717) is 12.1 Å². The van der Waals surface area contributed by atoms with Crippen LogP contribution in [0.1, 0.15) is 45.4 Å². The van der Waals surface area contributed by atoms with Crippen LogP contribution in [0.15, 0.2) is 0 Å².